The standard InChI is InChI=1S/C15H20O3/c1-2-15(14(16)17)11-7-6-10-13(15)18-12-8-4-3-5-9-12/h3-5,8-9,13H,2,6-7,10-11H2,1H3,(H,16,17). The number of carbonyl (C=O) groups is 1. The normalized spacial score (nSPS) is 27.7. The van der Waals surface area contributed by atoms with Crippen molar-refractivity contribution in [3.05, 3.63) is 30.3 Å². The first-order valence-corrected chi connectivity index (χ1v) is 6.64. The highest BCUT2D eigenvalue weighted by atomic mass is 16.5. The van der Waals surface area contributed by atoms with Gasteiger partial charge in [0.15, 0.2) is 0 Å². The number of rotatable bonds is 4. The van der Waals surface area contributed by atoms with Gasteiger partial charge in [-0.3, -0.25) is 4.79 Å². The van der Waals surface area contributed by atoms with E-state index >= 15 is 0 Å². The molecule has 0 saturated heterocycles. The number of para-hydroxylation sites is 1. The molecule has 0 amide bonds. The van der Waals surface area contributed by atoms with Gasteiger partial charge in [-0.15, -0.1) is 0 Å². The highest BCUT2D eigenvalue weighted by molar-refractivity contribution is 5.75. The summed E-state index contributed by atoms with van der Waals surface area (Å²) in [5, 5.41) is 9.56. The van der Waals surface area contributed by atoms with Gasteiger partial charge in [0.05, 0.1) is 0 Å². The molecule has 1 N–H and O–H groups in total. The highest BCUT2D eigenvalue weighted by Gasteiger charge is 2.47. The second kappa shape index (κ2) is 5.42. The van der Waals surface area contributed by atoms with Crippen LogP contribution in [0.15, 0.2) is 30.3 Å². The van der Waals surface area contributed by atoms with Crippen LogP contribution in [0, 0.1) is 5.41 Å². The molecular weight excluding hydrogens is 228 g/mol. The summed E-state index contributed by atoms with van der Waals surface area (Å²) in [7, 11) is 0. The van der Waals surface area contributed by atoms with Crippen molar-refractivity contribution in [3.63, 3.8) is 0 Å². The second-order valence-corrected chi connectivity index (χ2v) is 4.98. The maximum absolute atomic E-state index is 11.6. The third kappa shape index (κ3) is 2.35. The number of hydrogen-bond donors (Lipinski definition) is 1. The van der Waals surface area contributed by atoms with Gasteiger partial charge in [0, 0.05) is 0 Å². The Morgan fingerprint density at radius 1 is 1.39 bits per heavy atom. The fourth-order valence-electron chi connectivity index (χ4n) is 2.84. The van der Waals surface area contributed by atoms with Crippen LogP contribution in [0.2, 0.25) is 0 Å². The minimum atomic E-state index is -0.717. The maximum Gasteiger partial charge on any atom is 0.313 e. The van der Waals surface area contributed by atoms with Gasteiger partial charge in [-0.25, -0.2) is 0 Å². The van der Waals surface area contributed by atoms with Gasteiger partial charge in [0.25, 0.3) is 0 Å². The molecule has 1 aliphatic rings. The molecule has 1 aromatic rings. The van der Waals surface area contributed by atoms with Gasteiger partial charge in [0.1, 0.15) is 17.3 Å². The first kappa shape index (κ1) is 12.9. The average molecular weight is 248 g/mol. The monoisotopic (exact) mass is 248 g/mol. The molecule has 0 heterocycles. The van der Waals surface area contributed by atoms with E-state index in [1.165, 1.54) is 0 Å². The zero-order valence-electron chi connectivity index (χ0n) is 10.8. The number of benzene rings is 1. The van der Waals surface area contributed by atoms with E-state index in [0.717, 1.165) is 31.4 Å². The lowest BCUT2D eigenvalue weighted by atomic mass is 9.70. The lowest BCUT2D eigenvalue weighted by Gasteiger charge is -2.40. The predicted octanol–water partition coefficient (Wildman–Crippen LogP) is 3.49. The third-order valence-corrected chi connectivity index (χ3v) is 4.03. The van der Waals surface area contributed by atoms with Crippen LogP contribution < -0.4 is 4.74 Å². The van der Waals surface area contributed by atoms with Crippen LogP contribution in [0.25, 0.3) is 0 Å². The van der Waals surface area contributed by atoms with E-state index in [1.54, 1.807) is 0 Å². The Labute approximate surface area is 108 Å². The van der Waals surface area contributed by atoms with E-state index in [4.69, 9.17) is 4.74 Å². The van der Waals surface area contributed by atoms with Crippen LogP contribution in [0.3, 0.4) is 0 Å². The summed E-state index contributed by atoms with van der Waals surface area (Å²) < 4.78 is 5.94. The lowest BCUT2D eigenvalue weighted by molar-refractivity contribution is -0.159. The first-order chi connectivity index (χ1) is 8.69. The van der Waals surface area contributed by atoms with E-state index in [9.17, 15) is 9.90 Å². The minimum absolute atomic E-state index is 0.212. The molecule has 1 fully saturated rings. The molecule has 1 saturated carbocycles. The van der Waals surface area contributed by atoms with Gasteiger partial charge >= 0.3 is 5.97 Å². The molecule has 2 rings (SSSR count). The minimum Gasteiger partial charge on any atom is -0.489 e. The van der Waals surface area contributed by atoms with Crippen molar-refractivity contribution in [1.29, 1.82) is 0 Å². The zero-order valence-corrected chi connectivity index (χ0v) is 10.8. The molecule has 1 aromatic carbocycles. The third-order valence-electron chi connectivity index (χ3n) is 4.03. The number of hydrogen-bond acceptors (Lipinski definition) is 2. The van der Waals surface area contributed by atoms with E-state index in [2.05, 4.69) is 0 Å². The number of carboxylic acid groups (broad SMARTS) is 1. The van der Waals surface area contributed by atoms with E-state index in [1.807, 2.05) is 37.3 Å². The molecule has 0 aliphatic heterocycles. The van der Waals surface area contributed by atoms with Crippen molar-refractivity contribution < 1.29 is 14.6 Å². The Morgan fingerprint density at radius 3 is 2.72 bits per heavy atom. The van der Waals surface area contributed by atoms with E-state index < -0.39 is 11.4 Å². The van der Waals surface area contributed by atoms with Gasteiger partial charge in [-0.2, -0.15) is 0 Å². The molecule has 2 unspecified atom stereocenters. The largest absolute Gasteiger partial charge is 0.489 e. The Morgan fingerprint density at radius 2 is 2.11 bits per heavy atom. The van der Waals surface area contributed by atoms with Gasteiger partial charge in [0.2, 0.25) is 0 Å². The Kier molecular flexibility index (Phi) is 3.90. The van der Waals surface area contributed by atoms with Crippen molar-refractivity contribution in [3.8, 4) is 5.75 Å². The summed E-state index contributed by atoms with van der Waals surface area (Å²) in [4.78, 5) is 11.6. The summed E-state index contributed by atoms with van der Waals surface area (Å²) in [6, 6.07) is 9.52. The number of ether oxygens (including phenoxy) is 1. The average Bonchev–Trinajstić information content (AvgIpc) is 2.40. The smallest absolute Gasteiger partial charge is 0.313 e. The second-order valence-electron chi connectivity index (χ2n) is 4.98. The van der Waals surface area contributed by atoms with Crippen LogP contribution in [-0.4, -0.2) is 17.2 Å². The number of carboxylic acids is 1. The predicted molar refractivity (Wildman–Crippen MR) is 69.7 cm³/mol. The van der Waals surface area contributed by atoms with Gasteiger partial charge < -0.3 is 9.84 Å². The van der Waals surface area contributed by atoms with Crippen LogP contribution in [0.4, 0.5) is 0 Å². The van der Waals surface area contributed by atoms with Crippen LogP contribution in [0.5, 0.6) is 5.75 Å². The summed E-state index contributed by atoms with van der Waals surface area (Å²) in [6.45, 7) is 1.95. The van der Waals surface area contributed by atoms with Crippen molar-refractivity contribution in [2.45, 2.75) is 45.1 Å². The first-order valence-electron chi connectivity index (χ1n) is 6.64. The fraction of sp³-hybridized carbons (Fsp3) is 0.533. The van der Waals surface area contributed by atoms with Gasteiger partial charge in [-0.05, 0) is 37.8 Å². The summed E-state index contributed by atoms with van der Waals surface area (Å²) in [5.41, 5.74) is -0.714. The van der Waals surface area contributed by atoms with Crippen molar-refractivity contribution in [1.82, 2.24) is 0 Å². The van der Waals surface area contributed by atoms with Crippen LogP contribution in [0.1, 0.15) is 39.0 Å². The quantitative estimate of drug-likeness (QED) is 0.887. The fourth-order valence-corrected chi connectivity index (χ4v) is 2.84. The van der Waals surface area contributed by atoms with Crippen LogP contribution >= 0.6 is 0 Å². The summed E-state index contributed by atoms with van der Waals surface area (Å²) >= 11 is 0. The summed E-state index contributed by atoms with van der Waals surface area (Å²) in [5.74, 6) is 0.0501. The molecule has 0 spiro atoms. The molecular formula is C15H20O3. The molecule has 0 radical (unpaired) electrons. The molecule has 0 bridgehead atoms. The molecule has 2 atom stereocenters. The molecule has 3 nitrogen and oxygen atoms in total. The molecule has 18 heavy (non-hydrogen) atoms. The zero-order chi connectivity index (χ0) is 13.0. The van der Waals surface area contributed by atoms with Crippen LogP contribution in [-0.2, 0) is 4.79 Å². The topological polar surface area (TPSA) is 46.5 Å². The van der Waals surface area contributed by atoms with Crippen molar-refractivity contribution >= 4 is 5.97 Å². The SMILES string of the molecule is CCC1(C(=O)O)CCCCC1Oc1ccccc1. The summed E-state index contributed by atoms with van der Waals surface area (Å²) in [6.07, 6.45) is 3.99. The highest BCUT2D eigenvalue weighted by Crippen LogP contribution is 2.41. The van der Waals surface area contributed by atoms with E-state index in [-0.39, 0.29) is 6.10 Å². The molecule has 1 aliphatic carbocycles. The molecule has 3 heteroatoms. The Bertz CT molecular complexity index is 401. The van der Waals surface area contributed by atoms with E-state index in [0.29, 0.717) is 6.42 Å². The molecule has 98 valence electrons. The Hall–Kier alpha value is -1.51. The Balaban J connectivity index is 2.20. The lowest BCUT2D eigenvalue weighted by Crippen LogP contribution is -2.47. The van der Waals surface area contributed by atoms with Gasteiger partial charge in [-0.1, -0.05) is 31.5 Å². The molecule has 0 aromatic heterocycles. The van der Waals surface area contributed by atoms with Crippen molar-refractivity contribution in [2.24, 2.45) is 5.41 Å². The van der Waals surface area contributed by atoms with Crippen molar-refractivity contribution in [2.75, 3.05) is 0 Å². The number of aliphatic carboxylic acids is 1. The maximum atomic E-state index is 11.6.